The van der Waals surface area contributed by atoms with Crippen LogP contribution in [0.2, 0.25) is 0 Å². The van der Waals surface area contributed by atoms with Crippen molar-refractivity contribution in [1.29, 1.82) is 0 Å². The van der Waals surface area contributed by atoms with Crippen molar-refractivity contribution in [2.24, 2.45) is 5.41 Å². The molecule has 1 N–H and O–H groups in total. The molecule has 190 valence electrons. The molecular formula is C26H33NO7S. The highest BCUT2D eigenvalue weighted by atomic mass is 32.2. The highest BCUT2D eigenvalue weighted by Gasteiger charge is 2.39. The van der Waals surface area contributed by atoms with Gasteiger partial charge in [-0.2, -0.15) is 0 Å². The number of carbonyl (C=O) groups excluding carboxylic acids is 1. The maximum atomic E-state index is 13.7. The summed E-state index contributed by atoms with van der Waals surface area (Å²) in [7, 11) is -3.99. The van der Waals surface area contributed by atoms with E-state index in [4.69, 9.17) is 9.47 Å². The lowest BCUT2D eigenvalue weighted by atomic mass is 9.86. The topological polar surface area (TPSA) is 110 Å². The van der Waals surface area contributed by atoms with Gasteiger partial charge in [0, 0.05) is 6.42 Å². The standard InChI is InChI=1S/C26H33NO7S/c1-17-7-10-20(11-8-17)35(31,32)27-16-19(15-26(5,6)24(29)30)33-22-12-9-18(13-21(22)27)14-23(28)34-25(2,3)4/h7-13,19H,14-16H2,1-6H3,(H,29,30)/t19-/m0/s1. The minimum absolute atomic E-state index is 0.0293. The molecule has 0 unspecified atom stereocenters. The Hall–Kier alpha value is -3.07. The van der Waals surface area contributed by atoms with Crippen molar-refractivity contribution in [3.63, 3.8) is 0 Å². The van der Waals surface area contributed by atoms with Gasteiger partial charge < -0.3 is 14.6 Å². The second kappa shape index (κ2) is 9.53. The maximum absolute atomic E-state index is 13.7. The van der Waals surface area contributed by atoms with E-state index in [9.17, 15) is 23.1 Å². The van der Waals surface area contributed by atoms with E-state index in [-0.39, 0.29) is 24.3 Å². The summed E-state index contributed by atoms with van der Waals surface area (Å²) in [5.41, 5.74) is 0.0513. The molecule has 0 aliphatic carbocycles. The fraction of sp³-hybridized carbons (Fsp3) is 0.462. The van der Waals surface area contributed by atoms with Crippen LogP contribution in [0.15, 0.2) is 47.4 Å². The lowest BCUT2D eigenvalue weighted by Crippen LogP contribution is -2.46. The van der Waals surface area contributed by atoms with Crippen molar-refractivity contribution in [3.8, 4) is 5.75 Å². The Morgan fingerprint density at radius 1 is 1.09 bits per heavy atom. The largest absolute Gasteiger partial charge is 0.486 e. The number of ether oxygens (including phenoxy) is 2. The van der Waals surface area contributed by atoms with Crippen molar-refractivity contribution in [3.05, 3.63) is 53.6 Å². The van der Waals surface area contributed by atoms with Crippen molar-refractivity contribution in [2.45, 2.75) is 71.0 Å². The summed E-state index contributed by atoms with van der Waals surface area (Å²) in [5, 5.41) is 9.57. The van der Waals surface area contributed by atoms with Gasteiger partial charge in [-0.1, -0.05) is 23.8 Å². The molecule has 1 atom stereocenters. The van der Waals surface area contributed by atoms with E-state index < -0.39 is 39.1 Å². The Morgan fingerprint density at radius 2 is 1.71 bits per heavy atom. The summed E-state index contributed by atoms with van der Waals surface area (Å²) in [6.45, 7) is 10.3. The summed E-state index contributed by atoms with van der Waals surface area (Å²) < 4.78 is 40.1. The summed E-state index contributed by atoms with van der Waals surface area (Å²) in [6.07, 6.45) is -0.592. The number of hydrogen-bond acceptors (Lipinski definition) is 6. The first-order chi connectivity index (χ1) is 16.1. The number of fused-ring (bicyclic) bond motifs is 1. The van der Waals surface area contributed by atoms with Crippen LogP contribution >= 0.6 is 0 Å². The van der Waals surface area contributed by atoms with Crippen LogP contribution in [-0.2, 0) is 30.8 Å². The monoisotopic (exact) mass is 503 g/mol. The minimum Gasteiger partial charge on any atom is -0.486 e. The number of carbonyl (C=O) groups is 2. The van der Waals surface area contributed by atoms with Gasteiger partial charge in [-0.25, -0.2) is 8.42 Å². The molecule has 0 spiro atoms. The van der Waals surface area contributed by atoms with Gasteiger partial charge in [-0.15, -0.1) is 0 Å². The zero-order chi connectivity index (χ0) is 26.2. The van der Waals surface area contributed by atoms with Gasteiger partial charge in [0.15, 0.2) is 0 Å². The third kappa shape index (κ3) is 6.33. The number of esters is 1. The Morgan fingerprint density at radius 3 is 2.29 bits per heavy atom. The van der Waals surface area contributed by atoms with Crippen LogP contribution in [0.1, 0.15) is 52.2 Å². The quantitative estimate of drug-likeness (QED) is 0.560. The summed E-state index contributed by atoms with van der Waals surface area (Å²) in [6, 6.07) is 11.4. The maximum Gasteiger partial charge on any atom is 0.310 e. The van der Waals surface area contributed by atoms with Crippen LogP contribution in [0.3, 0.4) is 0 Å². The number of nitrogens with zero attached hydrogens (tertiary/aromatic N) is 1. The number of carboxylic acid groups (broad SMARTS) is 1. The molecule has 3 rings (SSSR count). The van der Waals surface area contributed by atoms with E-state index in [0.29, 0.717) is 17.0 Å². The number of hydrogen-bond donors (Lipinski definition) is 1. The molecule has 1 aliphatic rings. The highest BCUT2D eigenvalue weighted by molar-refractivity contribution is 7.92. The molecule has 1 heterocycles. The Bertz CT molecular complexity index is 1210. The van der Waals surface area contributed by atoms with Gasteiger partial charge in [-0.3, -0.25) is 13.9 Å². The molecule has 2 aromatic carbocycles. The van der Waals surface area contributed by atoms with Crippen molar-refractivity contribution in [2.75, 3.05) is 10.8 Å². The molecule has 0 saturated carbocycles. The molecular weight excluding hydrogens is 470 g/mol. The first-order valence-electron chi connectivity index (χ1n) is 11.4. The Kier molecular flexibility index (Phi) is 7.22. The van der Waals surface area contributed by atoms with Gasteiger partial charge in [0.2, 0.25) is 0 Å². The zero-order valence-corrected chi connectivity index (χ0v) is 21.8. The SMILES string of the molecule is Cc1ccc(S(=O)(=O)N2C[C@H](CC(C)(C)C(=O)O)Oc3ccc(CC(=O)OC(C)(C)C)cc32)cc1. The van der Waals surface area contributed by atoms with E-state index in [1.165, 1.54) is 4.31 Å². The molecule has 0 bridgehead atoms. The average Bonchev–Trinajstić information content (AvgIpc) is 2.72. The van der Waals surface area contributed by atoms with E-state index in [0.717, 1.165) is 5.56 Å². The molecule has 0 saturated heterocycles. The van der Waals surface area contributed by atoms with Crippen molar-refractivity contribution < 1.29 is 32.6 Å². The Labute approximate surface area is 206 Å². The third-order valence-electron chi connectivity index (χ3n) is 5.65. The third-order valence-corrected chi connectivity index (χ3v) is 7.44. The van der Waals surface area contributed by atoms with E-state index >= 15 is 0 Å². The molecule has 8 nitrogen and oxygen atoms in total. The number of carboxylic acids is 1. The van der Waals surface area contributed by atoms with E-state index in [1.807, 2.05) is 6.92 Å². The van der Waals surface area contributed by atoms with Crippen LogP contribution in [-0.4, -0.2) is 43.7 Å². The van der Waals surface area contributed by atoms with E-state index in [2.05, 4.69) is 0 Å². The predicted molar refractivity (Wildman–Crippen MR) is 132 cm³/mol. The number of rotatable bonds is 7. The first kappa shape index (κ1) is 26.5. The lowest BCUT2D eigenvalue weighted by Gasteiger charge is -2.37. The smallest absolute Gasteiger partial charge is 0.310 e. The van der Waals surface area contributed by atoms with Crippen LogP contribution in [0, 0.1) is 12.3 Å². The summed E-state index contributed by atoms with van der Waals surface area (Å²) >= 11 is 0. The predicted octanol–water partition coefficient (Wildman–Crippen LogP) is 4.34. The van der Waals surface area contributed by atoms with E-state index in [1.54, 1.807) is 77.1 Å². The number of anilines is 1. The van der Waals surface area contributed by atoms with Crippen molar-refractivity contribution in [1.82, 2.24) is 0 Å². The molecule has 0 aromatic heterocycles. The average molecular weight is 504 g/mol. The summed E-state index contributed by atoms with van der Waals surface area (Å²) in [4.78, 5) is 24.2. The molecule has 9 heteroatoms. The fourth-order valence-corrected chi connectivity index (χ4v) is 5.34. The first-order valence-corrected chi connectivity index (χ1v) is 12.9. The van der Waals surface area contributed by atoms with Gasteiger partial charge in [0.05, 0.1) is 29.0 Å². The number of aryl methyl sites for hydroxylation is 1. The van der Waals surface area contributed by atoms with Crippen molar-refractivity contribution >= 4 is 27.6 Å². The van der Waals surface area contributed by atoms with Gasteiger partial charge in [-0.05, 0) is 71.4 Å². The highest BCUT2D eigenvalue weighted by Crippen LogP contribution is 2.40. The van der Waals surface area contributed by atoms with Gasteiger partial charge in [0.25, 0.3) is 10.0 Å². The second-order valence-electron chi connectivity index (χ2n) is 10.5. The van der Waals surface area contributed by atoms with Crippen LogP contribution in [0.4, 0.5) is 5.69 Å². The molecule has 0 radical (unpaired) electrons. The molecule has 2 aromatic rings. The lowest BCUT2D eigenvalue weighted by molar-refractivity contribution is -0.154. The van der Waals surface area contributed by atoms with Gasteiger partial charge in [0.1, 0.15) is 17.5 Å². The van der Waals surface area contributed by atoms with Crippen LogP contribution < -0.4 is 9.04 Å². The Balaban J connectivity index is 2.02. The molecule has 0 fully saturated rings. The van der Waals surface area contributed by atoms with Gasteiger partial charge >= 0.3 is 11.9 Å². The van der Waals surface area contributed by atoms with Crippen LogP contribution in [0.5, 0.6) is 5.75 Å². The zero-order valence-electron chi connectivity index (χ0n) is 21.0. The molecule has 35 heavy (non-hydrogen) atoms. The molecule has 1 aliphatic heterocycles. The normalized spacial score (nSPS) is 16.3. The number of aliphatic carboxylic acids is 1. The number of sulfonamides is 1. The second-order valence-corrected chi connectivity index (χ2v) is 12.4. The number of benzene rings is 2. The van der Waals surface area contributed by atoms with Crippen LogP contribution in [0.25, 0.3) is 0 Å². The minimum atomic E-state index is -3.99. The molecule has 0 amide bonds. The summed E-state index contributed by atoms with van der Waals surface area (Å²) in [5.74, 6) is -1.11. The fourth-order valence-electron chi connectivity index (χ4n) is 3.84.